The number of carbonyl (C=O) groups is 1. The molecule has 12 heteroatoms. The highest BCUT2D eigenvalue weighted by Gasteiger charge is 2.59. The van der Waals surface area contributed by atoms with E-state index in [2.05, 4.69) is 19.6 Å². The third-order valence-corrected chi connectivity index (χ3v) is 13.4. The Balaban J connectivity index is 1.58. The zero-order chi connectivity index (χ0) is 33.9. The van der Waals surface area contributed by atoms with Crippen LogP contribution in [0.2, 0.25) is 25.7 Å². The normalized spacial score (nSPS) is 27.2. The molecule has 4 rings (SSSR count). The van der Waals surface area contributed by atoms with E-state index in [0.717, 1.165) is 18.2 Å². The molecule has 0 radical (unpaired) electrons. The molecule has 1 heterocycles. The van der Waals surface area contributed by atoms with Crippen LogP contribution >= 0.6 is 0 Å². The van der Waals surface area contributed by atoms with E-state index in [1.165, 1.54) is 4.31 Å². The first-order valence-corrected chi connectivity index (χ1v) is 21.3. The van der Waals surface area contributed by atoms with Crippen LogP contribution in [0.5, 0.6) is 0 Å². The Hall–Kier alpha value is -2.22. The van der Waals surface area contributed by atoms with Crippen LogP contribution in [-0.4, -0.2) is 69.6 Å². The number of sulfonamides is 1. The van der Waals surface area contributed by atoms with Gasteiger partial charge in [0.05, 0.1) is 24.7 Å². The summed E-state index contributed by atoms with van der Waals surface area (Å²) in [6.45, 7) is 12.3. The fourth-order valence-corrected chi connectivity index (χ4v) is 9.74. The first kappa shape index (κ1) is 36.6. The van der Waals surface area contributed by atoms with Crippen molar-refractivity contribution in [3.63, 3.8) is 0 Å². The van der Waals surface area contributed by atoms with Crippen molar-refractivity contribution in [1.82, 2.24) is 4.31 Å². The Morgan fingerprint density at radius 2 is 1.78 bits per heavy atom. The largest absolute Gasteiger partial charge is 0.466 e. The topological polar surface area (TPSA) is 102 Å². The maximum absolute atomic E-state index is 16.1. The number of carbonyl (C=O) groups excluding carboxylic acids is 1. The predicted molar refractivity (Wildman–Crippen MR) is 175 cm³/mol. The standard InChI is InChI=1S/C34H49F2NO7SSi/c1-7-43-32(39)19-31(38)34(21-33(3,22-34)44-23-42-15-16-46(4,5)6)27-18-28(35)26(17-29(27)36)20-37-24(2)13-14-30(45(37,40)41)25-11-9-8-10-12-25/h8-12,17-18,24,30-31,38H,7,13-16,19-23H2,1-6H3/t24-,30+,31?,33?,34?/m0/s1. The Morgan fingerprint density at radius 3 is 2.41 bits per heavy atom. The fourth-order valence-electron chi connectivity index (χ4n) is 6.80. The summed E-state index contributed by atoms with van der Waals surface area (Å²) in [7, 11) is -5.15. The molecule has 1 aliphatic carbocycles. The van der Waals surface area contributed by atoms with Crippen molar-refractivity contribution in [3.8, 4) is 0 Å². The number of halogens is 2. The Morgan fingerprint density at radius 1 is 1.11 bits per heavy atom. The molecule has 46 heavy (non-hydrogen) atoms. The molecule has 1 N–H and O–H groups in total. The van der Waals surface area contributed by atoms with Gasteiger partial charge in [-0.2, -0.15) is 4.31 Å². The monoisotopic (exact) mass is 681 g/mol. The number of aliphatic hydroxyl groups is 1. The quantitative estimate of drug-likeness (QED) is 0.106. The van der Waals surface area contributed by atoms with Crippen molar-refractivity contribution in [1.29, 1.82) is 0 Å². The summed E-state index contributed by atoms with van der Waals surface area (Å²) in [6, 6.07) is 11.5. The van der Waals surface area contributed by atoms with Crippen molar-refractivity contribution in [2.75, 3.05) is 20.0 Å². The number of nitrogens with zero attached hydrogens (tertiary/aromatic N) is 1. The number of hydrogen-bond acceptors (Lipinski definition) is 7. The van der Waals surface area contributed by atoms with Gasteiger partial charge in [0.15, 0.2) is 0 Å². The van der Waals surface area contributed by atoms with Gasteiger partial charge < -0.3 is 19.3 Å². The highest BCUT2D eigenvalue weighted by molar-refractivity contribution is 7.89. The van der Waals surface area contributed by atoms with Gasteiger partial charge in [-0.1, -0.05) is 50.0 Å². The molecule has 1 saturated heterocycles. The van der Waals surface area contributed by atoms with E-state index in [4.69, 9.17) is 14.2 Å². The van der Waals surface area contributed by atoms with Crippen LogP contribution in [0.1, 0.15) is 74.8 Å². The minimum Gasteiger partial charge on any atom is -0.466 e. The second kappa shape index (κ2) is 14.5. The number of aliphatic hydroxyl groups excluding tert-OH is 1. The molecule has 0 bridgehead atoms. The molecule has 2 fully saturated rings. The molecule has 8 nitrogen and oxygen atoms in total. The van der Waals surface area contributed by atoms with Crippen molar-refractivity contribution >= 4 is 24.1 Å². The maximum Gasteiger partial charge on any atom is 0.308 e. The number of esters is 1. The van der Waals surface area contributed by atoms with E-state index in [1.807, 2.05) is 13.0 Å². The number of ether oxygens (including phenoxy) is 3. The highest BCUT2D eigenvalue weighted by Crippen LogP contribution is 2.56. The second-order valence-electron chi connectivity index (χ2n) is 14.3. The number of rotatable bonds is 14. The first-order valence-electron chi connectivity index (χ1n) is 16.1. The molecule has 2 aromatic rings. The highest BCUT2D eigenvalue weighted by atomic mass is 32.2. The van der Waals surface area contributed by atoms with Crippen LogP contribution < -0.4 is 0 Å². The first-order chi connectivity index (χ1) is 21.5. The third-order valence-electron chi connectivity index (χ3n) is 9.36. The van der Waals surface area contributed by atoms with Crippen LogP contribution in [-0.2, 0) is 41.0 Å². The molecular formula is C34H49F2NO7SSi. The van der Waals surface area contributed by atoms with Crippen LogP contribution in [0.3, 0.4) is 0 Å². The van der Waals surface area contributed by atoms with Crippen molar-refractivity contribution in [2.24, 2.45) is 0 Å². The Bertz CT molecular complexity index is 1460. The van der Waals surface area contributed by atoms with Gasteiger partial charge in [-0.25, -0.2) is 17.2 Å². The van der Waals surface area contributed by atoms with Crippen LogP contribution in [0.4, 0.5) is 8.78 Å². The van der Waals surface area contributed by atoms with E-state index >= 15 is 8.78 Å². The minimum absolute atomic E-state index is 0.0211. The lowest BCUT2D eigenvalue weighted by Gasteiger charge is -2.56. The average Bonchev–Trinajstić information content (AvgIpc) is 2.95. The average molecular weight is 682 g/mol. The fraction of sp³-hybridized carbons (Fsp3) is 0.618. The molecule has 1 aliphatic heterocycles. The smallest absolute Gasteiger partial charge is 0.308 e. The van der Waals surface area contributed by atoms with E-state index < -0.39 is 70.5 Å². The van der Waals surface area contributed by atoms with Gasteiger partial charge in [-0.05, 0) is 75.8 Å². The van der Waals surface area contributed by atoms with E-state index in [9.17, 15) is 18.3 Å². The molecule has 0 aromatic heterocycles. The summed E-state index contributed by atoms with van der Waals surface area (Å²) in [5.41, 5.74) is -1.65. The molecule has 1 unspecified atom stereocenters. The lowest BCUT2D eigenvalue weighted by Crippen LogP contribution is -2.61. The SMILES string of the molecule is CCOC(=O)CC(O)C1(c2cc(F)c(CN3[C@@H](C)CC[C@H](c4ccccc4)S3(=O)=O)cc2F)CC(C)(OCOCC[Si](C)(C)C)C1. The van der Waals surface area contributed by atoms with E-state index in [0.29, 0.717) is 25.0 Å². The van der Waals surface area contributed by atoms with Gasteiger partial charge in [0, 0.05) is 38.2 Å². The van der Waals surface area contributed by atoms with E-state index in [1.54, 1.807) is 38.1 Å². The summed E-state index contributed by atoms with van der Waals surface area (Å²) < 4.78 is 77.4. The molecule has 2 aliphatic rings. The maximum atomic E-state index is 16.1. The number of hydrogen-bond donors (Lipinski definition) is 1. The zero-order valence-electron chi connectivity index (χ0n) is 27.9. The van der Waals surface area contributed by atoms with Crippen LogP contribution in [0.25, 0.3) is 0 Å². The molecule has 256 valence electrons. The summed E-state index contributed by atoms with van der Waals surface area (Å²) in [4.78, 5) is 12.3. The molecule has 0 spiro atoms. The lowest BCUT2D eigenvalue weighted by molar-refractivity contribution is -0.207. The Kier molecular flexibility index (Phi) is 11.5. The van der Waals surface area contributed by atoms with Crippen LogP contribution in [0.15, 0.2) is 42.5 Å². The minimum atomic E-state index is -3.87. The predicted octanol–water partition coefficient (Wildman–Crippen LogP) is 6.45. The van der Waals surface area contributed by atoms with Gasteiger partial charge in [0.1, 0.15) is 23.7 Å². The van der Waals surface area contributed by atoms with Gasteiger partial charge >= 0.3 is 5.97 Å². The van der Waals surface area contributed by atoms with Gasteiger partial charge in [-0.3, -0.25) is 4.79 Å². The summed E-state index contributed by atoms with van der Waals surface area (Å²) in [5.74, 6) is -2.21. The van der Waals surface area contributed by atoms with Gasteiger partial charge in [0.2, 0.25) is 10.0 Å². The van der Waals surface area contributed by atoms with Crippen molar-refractivity contribution < 1.29 is 41.3 Å². The molecule has 1 saturated carbocycles. The summed E-state index contributed by atoms with van der Waals surface area (Å²) in [6.07, 6.45) is -0.530. The second-order valence-corrected chi connectivity index (χ2v) is 22.0. The van der Waals surface area contributed by atoms with Crippen molar-refractivity contribution in [3.05, 3.63) is 70.8 Å². The Labute approximate surface area is 273 Å². The lowest BCUT2D eigenvalue weighted by atomic mass is 9.53. The summed E-state index contributed by atoms with van der Waals surface area (Å²) in [5, 5.41) is 10.6. The van der Waals surface area contributed by atoms with E-state index in [-0.39, 0.29) is 43.9 Å². The van der Waals surface area contributed by atoms with Crippen molar-refractivity contribution in [2.45, 2.75) is 114 Å². The molecule has 3 atom stereocenters. The van der Waals surface area contributed by atoms with Gasteiger partial charge in [0.25, 0.3) is 0 Å². The number of benzene rings is 2. The molecule has 2 aromatic carbocycles. The zero-order valence-corrected chi connectivity index (χ0v) is 29.7. The van der Waals surface area contributed by atoms with Gasteiger partial charge in [-0.15, -0.1) is 0 Å². The molecular weight excluding hydrogens is 633 g/mol. The van der Waals surface area contributed by atoms with Crippen LogP contribution in [0, 0.1) is 11.6 Å². The third kappa shape index (κ3) is 8.25. The summed E-state index contributed by atoms with van der Waals surface area (Å²) >= 11 is 0. The molecule has 0 amide bonds.